The number of pyridine rings is 1. The lowest BCUT2D eigenvalue weighted by Gasteiger charge is -2.37. The largest absolute Gasteiger partial charge is 0.379 e. The van der Waals surface area contributed by atoms with Crippen molar-refractivity contribution < 1.29 is 13.9 Å². The zero-order chi connectivity index (χ0) is 23.3. The van der Waals surface area contributed by atoms with Crippen molar-refractivity contribution in [2.45, 2.75) is 0 Å². The first-order chi connectivity index (χ1) is 16.7. The lowest BCUT2D eigenvalue weighted by Crippen LogP contribution is -2.47. The Bertz CT molecular complexity index is 1140. The van der Waals surface area contributed by atoms with Gasteiger partial charge in [-0.05, 0) is 35.7 Å². The van der Waals surface area contributed by atoms with E-state index in [1.165, 1.54) is 6.07 Å². The molecule has 0 aliphatic carbocycles. The van der Waals surface area contributed by atoms with Gasteiger partial charge >= 0.3 is 0 Å². The minimum atomic E-state index is -0.191. The maximum atomic E-state index is 14.2. The summed E-state index contributed by atoms with van der Waals surface area (Å²) in [6.45, 7) is 7.63. The Morgan fingerprint density at radius 2 is 1.74 bits per heavy atom. The van der Waals surface area contributed by atoms with Gasteiger partial charge in [-0.3, -0.25) is 9.69 Å². The fraction of sp³-hybridized carbons (Fsp3) is 0.385. The van der Waals surface area contributed by atoms with Gasteiger partial charge in [0.15, 0.2) is 0 Å². The Morgan fingerprint density at radius 3 is 2.53 bits per heavy atom. The molecule has 3 heterocycles. The fourth-order valence-corrected chi connectivity index (χ4v) is 4.67. The van der Waals surface area contributed by atoms with E-state index in [1.54, 1.807) is 6.07 Å². The number of hydrogen-bond acceptors (Lipinski definition) is 6. The molecule has 0 unspecified atom stereocenters. The minimum Gasteiger partial charge on any atom is -0.379 e. The normalized spacial score (nSPS) is 17.2. The van der Waals surface area contributed by atoms with E-state index >= 15 is 0 Å². The molecule has 0 bridgehead atoms. The van der Waals surface area contributed by atoms with Gasteiger partial charge in [-0.1, -0.05) is 18.2 Å². The van der Waals surface area contributed by atoms with Crippen molar-refractivity contribution in [3.8, 4) is 0 Å². The third-order valence-corrected chi connectivity index (χ3v) is 6.60. The Kier molecular flexibility index (Phi) is 6.87. The molecule has 1 N–H and O–H groups in total. The number of carbonyl (C=O) groups excluding carboxylic acids is 1. The van der Waals surface area contributed by atoms with Crippen molar-refractivity contribution in [1.82, 2.24) is 15.2 Å². The van der Waals surface area contributed by atoms with Crippen LogP contribution in [0.25, 0.3) is 10.8 Å². The first-order valence-corrected chi connectivity index (χ1v) is 11.9. The van der Waals surface area contributed by atoms with E-state index in [2.05, 4.69) is 25.0 Å². The van der Waals surface area contributed by atoms with Crippen molar-refractivity contribution in [2.75, 3.05) is 75.4 Å². The molecule has 2 aliphatic rings. The predicted molar refractivity (Wildman–Crippen MR) is 132 cm³/mol. The van der Waals surface area contributed by atoms with Crippen LogP contribution >= 0.6 is 0 Å². The summed E-state index contributed by atoms with van der Waals surface area (Å²) >= 11 is 0. The van der Waals surface area contributed by atoms with Gasteiger partial charge < -0.3 is 19.9 Å². The number of nitrogens with one attached hydrogen (secondary N) is 1. The molecule has 5 rings (SSSR count). The number of nitrogens with zero attached hydrogens (tertiary/aromatic N) is 4. The predicted octanol–water partition coefficient (Wildman–Crippen LogP) is 2.76. The summed E-state index contributed by atoms with van der Waals surface area (Å²) < 4.78 is 19.6. The quantitative estimate of drug-likeness (QED) is 0.607. The topological polar surface area (TPSA) is 60.9 Å². The Hall–Kier alpha value is -3.23. The van der Waals surface area contributed by atoms with Gasteiger partial charge in [-0.25, -0.2) is 9.37 Å². The van der Waals surface area contributed by atoms with E-state index in [0.29, 0.717) is 30.9 Å². The molecule has 2 aromatic carbocycles. The summed E-state index contributed by atoms with van der Waals surface area (Å²) in [6.07, 6.45) is 1.81. The SMILES string of the molecule is O=C(NCCN1CCOCC1)c1ccc2ccnc(N3CCN(c4ccccc4F)CC3)c2c1. The summed E-state index contributed by atoms with van der Waals surface area (Å²) in [5.74, 6) is 0.603. The maximum Gasteiger partial charge on any atom is 0.251 e. The van der Waals surface area contributed by atoms with Crippen LogP contribution in [-0.4, -0.2) is 81.4 Å². The molecular weight excluding hydrogens is 433 g/mol. The molecule has 3 aromatic rings. The number of piperazine rings is 1. The van der Waals surface area contributed by atoms with Crippen molar-refractivity contribution in [3.63, 3.8) is 0 Å². The van der Waals surface area contributed by atoms with Crippen LogP contribution in [-0.2, 0) is 4.74 Å². The van der Waals surface area contributed by atoms with Crippen LogP contribution in [0.15, 0.2) is 54.7 Å². The molecule has 8 heteroatoms. The number of anilines is 2. The van der Waals surface area contributed by atoms with Gasteiger partial charge in [-0.2, -0.15) is 0 Å². The lowest BCUT2D eigenvalue weighted by molar-refractivity contribution is 0.0383. The van der Waals surface area contributed by atoms with Crippen molar-refractivity contribution in [1.29, 1.82) is 0 Å². The number of benzene rings is 2. The summed E-state index contributed by atoms with van der Waals surface area (Å²) in [5.41, 5.74) is 1.28. The average molecular weight is 464 g/mol. The summed E-state index contributed by atoms with van der Waals surface area (Å²) in [5, 5.41) is 5.05. The number of rotatable bonds is 6. The Balaban J connectivity index is 1.26. The van der Waals surface area contributed by atoms with Gasteiger partial charge in [0.05, 0.1) is 18.9 Å². The second kappa shape index (κ2) is 10.4. The van der Waals surface area contributed by atoms with E-state index < -0.39 is 0 Å². The van der Waals surface area contributed by atoms with Crippen LogP contribution in [0.5, 0.6) is 0 Å². The number of morpholine rings is 1. The van der Waals surface area contributed by atoms with Crippen molar-refractivity contribution in [2.24, 2.45) is 0 Å². The van der Waals surface area contributed by atoms with Gasteiger partial charge in [-0.15, -0.1) is 0 Å². The number of hydrogen-bond donors (Lipinski definition) is 1. The van der Waals surface area contributed by atoms with Crippen LogP contribution in [0.1, 0.15) is 10.4 Å². The smallest absolute Gasteiger partial charge is 0.251 e. The third kappa shape index (κ3) is 4.98. The first-order valence-electron chi connectivity index (χ1n) is 11.9. The van der Waals surface area contributed by atoms with E-state index in [-0.39, 0.29) is 11.7 Å². The number of ether oxygens (including phenoxy) is 1. The van der Waals surface area contributed by atoms with Gasteiger partial charge in [0.25, 0.3) is 5.91 Å². The van der Waals surface area contributed by atoms with Gasteiger partial charge in [0.2, 0.25) is 0 Å². The van der Waals surface area contributed by atoms with Gasteiger partial charge in [0, 0.05) is 69.5 Å². The summed E-state index contributed by atoms with van der Waals surface area (Å²) in [4.78, 5) is 24.1. The maximum absolute atomic E-state index is 14.2. The molecule has 0 radical (unpaired) electrons. The monoisotopic (exact) mass is 463 g/mol. The van der Waals surface area contributed by atoms with Crippen molar-refractivity contribution >= 4 is 28.2 Å². The highest BCUT2D eigenvalue weighted by atomic mass is 19.1. The Morgan fingerprint density at radius 1 is 0.971 bits per heavy atom. The molecule has 0 spiro atoms. The highest BCUT2D eigenvalue weighted by Gasteiger charge is 2.22. The molecule has 7 nitrogen and oxygen atoms in total. The molecule has 0 atom stereocenters. The zero-order valence-corrected chi connectivity index (χ0v) is 19.3. The number of halogens is 1. The van der Waals surface area contributed by atoms with Crippen LogP contribution in [0.4, 0.5) is 15.9 Å². The van der Waals surface area contributed by atoms with Crippen molar-refractivity contribution in [3.05, 3.63) is 66.1 Å². The van der Waals surface area contributed by atoms with E-state index in [9.17, 15) is 9.18 Å². The average Bonchev–Trinajstić information content (AvgIpc) is 2.89. The molecule has 34 heavy (non-hydrogen) atoms. The van der Waals surface area contributed by atoms with E-state index in [4.69, 9.17) is 4.74 Å². The molecule has 1 amide bonds. The summed E-state index contributed by atoms with van der Waals surface area (Å²) in [7, 11) is 0. The number of amides is 1. The highest BCUT2D eigenvalue weighted by molar-refractivity contribution is 6.01. The molecule has 2 saturated heterocycles. The third-order valence-electron chi connectivity index (χ3n) is 6.60. The number of fused-ring (bicyclic) bond motifs is 1. The molecule has 0 saturated carbocycles. The second-order valence-electron chi connectivity index (χ2n) is 8.71. The summed E-state index contributed by atoms with van der Waals surface area (Å²) in [6, 6.07) is 14.7. The standard InChI is InChI=1S/C26H30FN5O2/c27-23-3-1-2-4-24(23)31-11-13-32(14-12-31)25-22-19-21(6-5-20(22)7-8-28-25)26(33)29-9-10-30-15-17-34-18-16-30/h1-8,19H,9-18H2,(H,29,33). The Labute approximate surface area is 199 Å². The molecule has 1 aromatic heterocycles. The molecule has 178 valence electrons. The fourth-order valence-electron chi connectivity index (χ4n) is 4.67. The lowest BCUT2D eigenvalue weighted by atomic mass is 10.1. The second-order valence-corrected chi connectivity index (χ2v) is 8.71. The number of aromatic nitrogens is 1. The molecule has 2 fully saturated rings. The highest BCUT2D eigenvalue weighted by Crippen LogP contribution is 2.28. The first kappa shape index (κ1) is 22.6. The van der Waals surface area contributed by atoms with E-state index in [0.717, 1.165) is 62.5 Å². The van der Waals surface area contributed by atoms with Crippen LogP contribution in [0, 0.1) is 5.82 Å². The number of para-hydroxylation sites is 1. The van der Waals surface area contributed by atoms with Crippen LogP contribution in [0.3, 0.4) is 0 Å². The molecule has 2 aliphatic heterocycles. The van der Waals surface area contributed by atoms with E-state index in [1.807, 2.05) is 42.6 Å². The van der Waals surface area contributed by atoms with Crippen LogP contribution < -0.4 is 15.1 Å². The van der Waals surface area contributed by atoms with Gasteiger partial charge in [0.1, 0.15) is 11.6 Å². The zero-order valence-electron chi connectivity index (χ0n) is 19.3. The molecular formula is C26H30FN5O2. The minimum absolute atomic E-state index is 0.0747. The van der Waals surface area contributed by atoms with Crippen LogP contribution in [0.2, 0.25) is 0 Å². The number of carbonyl (C=O) groups is 1.